The van der Waals surface area contributed by atoms with E-state index in [4.69, 9.17) is 9.15 Å². The number of hydrogen-bond donors (Lipinski definition) is 1. The molecule has 1 aromatic carbocycles. The number of nitrogens with one attached hydrogen (secondary N) is 1. The molecule has 1 amide bonds. The number of carbonyl (C=O) groups excluding carboxylic acids is 1. The first-order valence-electron chi connectivity index (χ1n) is 7.56. The van der Waals surface area contributed by atoms with Crippen LogP contribution >= 0.6 is 0 Å². The van der Waals surface area contributed by atoms with Crippen molar-refractivity contribution >= 4 is 18.2 Å². The smallest absolute Gasteiger partial charge is 0.271 e. The summed E-state index contributed by atoms with van der Waals surface area (Å²) < 4.78 is 10.7. The summed E-state index contributed by atoms with van der Waals surface area (Å²) in [5.41, 5.74) is 2.99. The van der Waals surface area contributed by atoms with Crippen molar-refractivity contribution in [1.82, 2.24) is 5.43 Å². The Labute approximate surface area is 135 Å². The van der Waals surface area contributed by atoms with E-state index in [2.05, 4.69) is 17.5 Å². The summed E-state index contributed by atoms with van der Waals surface area (Å²) in [4.78, 5) is 11.9. The molecule has 0 unspecified atom stereocenters. The zero-order valence-corrected chi connectivity index (χ0v) is 13.1. The first-order chi connectivity index (χ1) is 11.3. The van der Waals surface area contributed by atoms with Crippen LogP contribution in [0.3, 0.4) is 0 Å². The summed E-state index contributed by atoms with van der Waals surface area (Å²) in [6.07, 6.45) is 8.62. The van der Waals surface area contributed by atoms with E-state index in [0.717, 1.165) is 24.4 Å². The van der Waals surface area contributed by atoms with Crippen LogP contribution in [0.5, 0.6) is 5.75 Å². The lowest BCUT2D eigenvalue weighted by molar-refractivity contribution is 0.0955. The number of ether oxygens (including phenoxy) is 1. The molecule has 0 aliphatic carbocycles. The summed E-state index contributed by atoms with van der Waals surface area (Å²) in [6, 6.07) is 10.6. The molecular formula is C18H20N2O3. The van der Waals surface area contributed by atoms with E-state index in [0.29, 0.717) is 12.2 Å². The molecule has 0 saturated carbocycles. The highest BCUT2D eigenvalue weighted by Gasteiger charge is 2.03. The van der Waals surface area contributed by atoms with Crippen LogP contribution in [0.2, 0.25) is 0 Å². The van der Waals surface area contributed by atoms with Gasteiger partial charge in [0.2, 0.25) is 0 Å². The fourth-order valence-corrected chi connectivity index (χ4v) is 1.76. The van der Waals surface area contributed by atoms with Gasteiger partial charge in [-0.05, 0) is 55.0 Å². The van der Waals surface area contributed by atoms with Gasteiger partial charge in [0.1, 0.15) is 11.5 Å². The molecule has 5 heteroatoms. The van der Waals surface area contributed by atoms with E-state index in [9.17, 15) is 4.79 Å². The number of unbranched alkanes of at least 4 members (excludes halogenated alkanes) is 1. The van der Waals surface area contributed by atoms with E-state index >= 15 is 0 Å². The Morgan fingerprint density at radius 3 is 2.83 bits per heavy atom. The van der Waals surface area contributed by atoms with Crippen LogP contribution in [-0.4, -0.2) is 18.7 Å². The summed E-state index contributed by atoms with van der Waals surface area (Å²) >= 11 is 0. The molecule has 120 valence electrons. The average molecular weight is 312 g/mol. The third-order valence-corrected chi connectivity index (χ3v) is 3.01. The van der Waals surface area contributed by atoms with E-state index < -0.39 is 0 Å². The maximum atomic E-state index is 11.9. The Kier molecular flexibility index (Phi) is 6.65. The normalized spacial score (nSPS) is 11.2. The quantitative estimate of drug-likeness (QED) is 0.457. The molecule has 0 aliphatic rings. The molecule has 0 aliphatic heterocycles. The number of rotatable bonds is 8. The van der Waals surface area contributed by atoms with Gasteiger partial charge < -0.3 is 9.15 Å². The molecule has 1 heterocycles. The summed E-state index contributed by atoms with van der Waals surface area (Å²) in [7, 11) is 0. The monoisotopic (exact) mass is 312 g/mol. The molecule has 5 nitrogen and oxygen atoms in total. The van der Waals surface area contributed by atoms with Gasteiger partial charge in [0.25, 0.3) is 5.91 Å². The molecule has 0 bridgehead atoms. The minimum atomic E-state index is -0.271. The van der Waals surface area contributed by atoms with Crippen molar-refractivity contribution in [2.24, 2.45) is 5.10 Å². The summed E-state index contributed by atoms with van der Waals surface area (Å²) in [5.74, 6) is 1.22. The van der Waals surface area contributed by atoms with Gasteiger partial charge in [-0.15, -0.1) is 0 Å². The minimum absolute atomic E-state index is 0.271. The Morgan fingerprint density at radius 2 is 2.13 bits per heavy atom. The Bertz CT molecular complexity index is 643. The highest BCUT2D eigenvalue weighted by molar-refractivity contribution is 5.94. The predicted octanol–water partition coefficient (Wildman–Crippen LogP) is 3.89. The van der Waals surface area contributed by atoms with Crippen LogP contribution < -0.4 is 10.2 Å². The van der Waals surface area contributed by atoms with Crippen molar-refractivity contribution < 1.29 is 13.9 Å². The number of allylic oxidation sites excluding steroid dienone is 1. The highest BCUT2D eigenvalue weighted by Crippen LogP contribution is 2.12. The number of carbonyl (C=O) groups is 1. The van der Waals surface area contributed by atoms with E-state index in [1.807, 2.05) is 6.07 Å². The van der Waals surface area contributed by atoms with Gasteiger partial charge in [-0.2, -0.15) is 5.10 Å². The molecule has 0 radical (unpaired) electrons. The molecule has 0 fully saturated rings. The third kappa shape index (κ3) is 5.82. The van der Waals surface area contributed by atoms with Gasteiger partial charge in [-0.25, -0.2) is 5.43 Å². The van der Waals surface area contributed by atoms with E-state index in [1.54, 1.807) is 48.7 Å². The van der Waals surface area contributed by atoms with Crippen molar-refractivity contribution in [3.63, 3.8) is 0 Å². The van der Waals surface area contributed by atoms with Crippen LogP contribution in [0.25, 0.3) is 6.08 Å². The zero-order valence-electron chi connectivity index (χ0n) is 13.1. The molecule has 2 rings (SSSR count). The number of amides is 1. The van der Waals surface area contributed by atoms with Crippen LogP contribution in [-0.2, 0) is 0 Å². The number of benzene rings is 1. The van der Waals surface area contributed by atoms with Crippen LogP contribution in [0.4, 0.5) is 0 Å². The lowest BCUT2D eigenvalue weighted by atomic mass is 10.2. The summed E-state index contributed by atoms with van der Waals surface area (Å²) in [5, 5.41) is 3.85. The van der Waals surface area contributed by atoms with Crippen molar-refractivity contribution in [2.75, 3.05) is 6.61 Å². The SMILES string of the molecule is CCCCOc1ccc(C(=O)N/N=C\C=C\c2ccco2)cc1. The molecule has 0 saturated heterocycles. The zero-order chi connectivity index (χ0) is 16.3. The van der Waals surface area contributed by atoms with Gasteiger partial charge >= 0.3 is 0 Å². The van der Waals surface area contributed by atoms with Crippen LogP contribution in [0.1, 0.15) is 35.9 Å². The third-order valence-electron chi connectivity index (χ3n) is 3.01. The van der Waals surface area contributed by atoms with Gasteiger partial charge in [-0.1, -0.05) is 13.3 Å². The number of furan rings is 1. The van der Waals surface area contributed by atoms with Gasteiger partial charge in [0.15, 0.2) is 0 Å². The van der Waals surface area contributed by atoms with E-state index in [-0.39, 0.29) is 5.91 Å². The molecule has 2 aromatic rings. The Hall–Kier alpha value is -2.82. The Balaban J connectivity index is 1.78. The maximum Gasteiger partial charge on any atom is 0.271 e. The largest absolute Gasteiger partial charge is 0.494 e. The fraction of sp³-hybridized carbons (Fsp3) is 0.222. The number of nitrogens with zero attached hydrogens (tertiary/aromatic N) is 1. The molecular weight excluding hydrogens is 292 g/mol. The van der Waals surface area contributed by atoms with Gasteiger partial charge in [0, 0.05) is 11.8 Å². The molecule has 1 aromatic heterocycles. The van der Waals surface area contributed by atoms with Crippen molar-refractivity contribution in [3.8, 4) is 5.75 Å². The fourth-order valence-electron chi connectivity index (χ4n) is 1.76. The van der Waals surface area contributed by atoms with Crippen LogP contribution in [0.15, 0.2) is 58.3 Å². The van der Waals surface area contributed by atoms with Crippen molar-refractivity contribution in [1.29, 1.82) is 0 Å². The first kappa shape index (κ1) is 16.5. The maximum absolute atomic E-state index is 11.9. The summed E-state index contributed by atoms with van der Waals surface area (Å²) in [6.45, 7) is 2.80. The Morgan fingerprint density at radius 1 is 1.30 bits per heavy atom. The molecule has 0 atom stereocenters. The average Bonchev–Trinajstić information content (AvgIpc) is 3.08. The first-order valence-corrected chi connectivity index (χ1v) is 7.56. The second-order valence-electron chi connectivity index (χ2n) is 4.82. The standard InChI is InChI=1S/C18H20N2O3/c1-2-3-13-22-17-10-8-15(9-11-17)18(21)20-19-12-4-6-16-7-5-14-23-16/h4-12,14H,2-3,13H2,1H3,(H,20,21)/b6-4+,19-12-. The van der Waals surface area contributed by atoms with E-state index in [1.165, 1.54) is 6.21 Å². The predicted molar refractivity (Wildman–Crippen MR) is 90.5 cm³/mol. The molecule has 23 heavy (non-hydrogen) atoms. The van der Waals surface area contributed by atoms with Crippen molar-refractivity contribution in [2.45, 2.75) is 19.8 Å². The number of hydrazone groups is 1. The van der Waals surface area contributed by atoms with Crippen molar-refractivity contribution in [3.05, 3.63) is 60.1 Å². The molecule has 0 spiro atoms. The van der Waals surface area contributed by atoms with Crippen LogP contribution in [0, 0.1) is 0 Å². The highest BCUT2D eigenvalue weighted by atomic mass is 16.5. The molecule has 1 N–H and O–H groups in total. The number of hydrogen-bond acceptors (Lipinski definition) is 4. The van der Waals surface area contributed by atoms with Gasteiger partial charge in [0.05, 0.1) is 12.9 Å². The topological polar surface area (TPSA) is 63.8 Å². The second kappa shape index (κ2) is 9.25. The van der Waals surface area contributed by atoms with Gasteiger partial charge in [-0.3, -0.25) is 4.79 Å². The second-order valence-corrected chi connectivity index (χ2v) is 4.82. The lowest BCUT2D eigenvalue weighted by Gasteiger charge is -2.05. The minimum Gasteiger partial charge on any atom is -0.494 e. The lowest BCUT2D eigenvalue weighted by Crippen LogP contribution is -2.17.